The van der Waals surface area contributed by atoms with Gasteiger partial charge in [-0.15, -0.1) is 0 Å². The molecule has 0 radical (unpaired) electrons. The number of rotatable bonds is 3. The van der Waals surface area contributed by atoms with E-state index in [1.165, 1.54) is 5.56 Å². The Morgan fingerprint density at radius 1 is 0.889 bits per heavy atom. The van der Waals surface area contributed by atoms with Crippen molar-refractivity contribution in [2.75, 3.05) is 0 Å². The van der Waals surface area contributed by atoms with Gasteiger partial charge in [0.15, 0.2) is 0 Å². The second-order valence-electron chi connectivity index (χ2n) is 4.34. The van der Waals surface area contributed by atoms with Crippen molar-refractivity contribution >= 4 is 22.6 Å². The minimum atomic E-state index is 0.827. The molecule has 0 saturated heterocycles. The molecule has 90 valence electrons. The van der Waals surface area contributed by atoms with Crippen LogP contribution in [0.2, 0.25) is 5.02 Å². The first-order chi connectivity index (χ1) is 8.83. The summed E-state index contributed by atoms with van der Waals surface area (Å²) in [5, 5.41) is 1.99. The average Bonchev–Trinajstić information content (AvgIpc) is 2.80. The molecule has 3 rings (SSSR count). The van der Waals surface area contributed by atoms with E-state index < -0.39 is 0 Å². The van der Waals surface area contributed by atoms with E-state index in [-0.39, 0.29) is 0 Å². The van der Waals surface area contributed by atoms with E-state index in [9.17, 15) is 0 Å². The summed E-state index contributed by atoms with van der Waals surface area (Å²) in [5.41, 5.74) is 2.12. The van der Waals surface area contributed by atoms with Crippen LogP contribution in [0.1, 0.15) is 11.3 Å². The summed E-state index contributed by atoms with van der Waals surface area (Å²) in [6.45, 7) is 0. The van der Waals surface area contributed by atoms with E-state index in [4.69, 9.17) is 16.0 Å². The Hall–Kier alpha value is -1.73. The lowest BCUT2D eigenvalue weighted by atomic mass is 10.1. The molecule has 0 fully saturated rings. The van der Waals surface area contributed by atoms with Crippen LogP contribution < -0.4 is 0 Å². The van der Waals surface area contributed by atoms with Crippen LogP contribution in [0.25, 0.3) is 11.0 Å². The number of hydrogen-bond acceptors (Lipinski definition) is 1. The third-order valence-corrected chi connectivity index (χ3v) is 3.44. The molecule has 0 amide bonds. The third-order valence-electron chi connectivity index (χ3n) is 3.08. The lowest BCUT2D eigenvalue weighted by molar-refractivity contribution is 0.547. The summed E-state index contributed by atoms with van der Waals surface area (Å²) in [5.74, 6) is 1.01. The van der Waals surface area contributed by atoms with E-state index >= 15 is 0 Å². The Morgan fingerprint density at radius 2 is 1.67 bits per heavy atom. The van der Waals surface area contributed by atoms with Gasteiger partial charge in [0, 0.05) is 16.8 Å². The highest BCUT2D eigenvalue weighted by atomic mass is 35.5. The van der Waals surface area contributed by atoms with Crippen LogP contribution in [0.4, 0.5) is 0 Å². The monoisotopic (exact) mass is 256 g/mol. The second-order valence-corrected chi connectivity index (χ2v) is 4.75. The van der Waals surface area contributed by atoms with Crippen LogP contribution in [0.3, 0.4) is 0 Å². The Morgan fingerprint density at radius 3 is 2.50 bits per heavy atom. The van der Waals surface area contributed by atoms with Gasteiger partial charge in [0.05, 0.1) is 0 Å². The van der Waals surface area contributed by atoms with Gasteiger partial charge in [0.1, 0.15) is 11.3 Å². The summed E-state index contributed by atoms with van der Waals surface area (Å²) >= 11 is 6.14. The average molecular weight is 257 g/mol. The first-order valence-electron chi connectivity index (χ1n) is 6.04. The molecule has 1 heterocycles. The molecule has 0 aliphatic carbocycles. The van der Waals surface area contributed by atoms with Gasteiger partial charge >= 0.3 is 0 Å². The summed E-state index contributed by atoms with van der Waals surface area (Å²) in [7, 11) is 0. The number of para-hydroxylation sites is 1. The number of benzene rings is 2. The first-order valence-corrected chi connectivity index (χ1v) is 6.41. The minimum Gasteiger partial charge on any atom is -0.461 e. The lowest BCUT2D eigenvalue weighted by Gasteiger charge is -2.01. The van der Waals surface area contributed by atoms with Crippen molar-refractivity contribution in [2.45, 2.75) is 12.8 Å². The zero-order valence-corrected chi connectivity index (χ0v) is 10.7. The molecule has 2 aromatic carbocycles. The zero-order valence-electron chi connectivity index (χ0n) is 9.90. The standard InChI is InChI=1S/C16H13ClO/c17-15-7-3-1-5-12(15)9-10-14-11-13-6-2-4-8-16(13)18-14/h1-8,11H,9-10H2. The predicted molar refractivity (Wildman–Crippen MR) is 75.1 cm³/mol. The Labute approximate surface area is 111 Å². The van der Waals surface area contributed by atoms with E-state index in [1.807, 2.05) is 36.4 Å². The number of aryl methyl sites for hydroxylation is 2. The third kappa shape index (κ3) is 2.27. The van der Waals surface area contributed by atoms with Crippen molar-refractivity contribution in [1.82, 2.24) is 0 Å². The number of fused-ring (bicyclic) bond motifs is 1. The Kier molecular flexibility index (Phi) is 3.07. The summed E-state index contributed by atoms with van der Waals surface area (Å²) in [6.07, 6.45) is 1.78. The van der Waals surface area contributed by atoms with Gasteiger partial charge in [-0.1, -0.05) is 48.0 Å². The first kappa shape index (κ1) is 11.4. The van der Waals surface area contributed by atoms with Crippen LogP contribution in [-0.2, 0) is 12.8 Å². The molecule has 0 spiro atoms. The predicted octanol–water partition coefficient (Wildman–Crippen LogP) is 4.87. The van der Waals surface area contributed by atoms with E-state index in [0.717, 1.165) is 34.6 Å². The topological polar surface area (TPSA) is 13.1 Å². The van der Waals surface area contributed by atoms with Crippen molar-refractivity contribution in [3.63, 3.8) is 0 Å². The molecule has 1 aromatic heterocycles. The molecule has 0 atom stereocenters. The SMILES string of the molecule is Clc1ccccc1CCc1cc2ccccc2o1. The van der Waals surface area contributed by atoms with Gasteiger partial charge in [-0.05, 0) is 30.2 Å². The molecular weight excluding hydrogens is 244 g/mol. The molecule has 0 N–H and O–H groups in total. The largest absolute Gasteiger partial charge is 0.461 e. The molecular formula is C16H13ClO. The van der Waals surface area contributed by atoms with Gasteiger partial charge in [-0.2, -0.15) is 0 Å². The van der Waals surface area contributed by atoms with Crippen LogP contribution >= 0.6 is 11.6 Å². The van der Waals surface area contributed by atoms with Gasteiger partial charge in [0.25, 0.3) is 0 Å². The van der Waals surface area contributed by atoms with Crippen molar-refractivity contribution in [3.8, 4) is 0 Å². The molecule has 0 bridgehead atoms. The maximum atomic E-state index is 6.14. The molecule has 1 nitrogen and oxygen atoms in total. The van der Waals surface area contributed by atoms with Crippen LogP contribution in [0, 0.1) is 0 Å². The smallest absolute Gasteiger partial charge is 0.134 e. The molecule has 0 unspecified atom stereocenters. The highest BCUT2D eigenvalue weighted by Gasteiger charge is 2.05. The molecule has 2 heteroatoms. The summed E-state index contributed by atoms with van der Waals surface area (Å²) in [4.78, 5) is 0. The van der Waals surface area contributed by atoms with Crippen LogP contribution in [0.5, 0.6) is 0 Å². The van der Waals surface area contributed by atoms with Crippen LogP contribution in [0.15, 0.2) is 59.0 Å². The molecule has 0 aliphatic rings. The van der Waals surface area contributed by atoms with E-state index in [2.05, 4.69) is 18.2 Å². The summed E-state index contributed by atoms with van der Waals surface area (Å²) in [6, 6.07) is 18.1. The maximum Gasteiger partial charge on any atom is 0.134 e. The number of halogens is 1. The highest BCUT2D eigenvalue weighted by Crippen LogP contribution is 2.22. The second kappa shape index (κ2) is 4.87. The Bertz CT molecular complexity index is 636. The quantitative estimate of drug-likeness (QED) is 0.651. The van der Waals surface area contributed by atoms with Crippen molar-refractivity contribution in [1.29, 1.82) is 0 Å². The van der Waals surface area contributed by atoms with Gasteiger partial charge < -0.3 is 4.42 Å². The fourth-order valence-corrected chi connectivity index (χ4v) is 2.35. The van der Waals surface area contributed by atoms with Gasteiger partial charge in [-0.25, -0.2) is 0 Å². The fourth-order valence-electron chi connectivity index (χ4n) is 2.12. The van der Waals surface area contributed by atoms with E-state index in [1.54, 1.807) is 0 Å². The van der Waals surface area contributed by atoms with Crippen molar-refractivity contribution < 1.29 is 4.42 Å². The highest BCUT2D eigenvalue weighted by molar-refractivity contribution is 6.31. The molecule has 3 aromatic rings. The maximum absolute atomic E-state index is 6.14. The lowest BCUT2D eigenvalue weighted by Crippen LogP contribution is -1.90. The van der Waals surface area contributed by atoms with Gasteiger partial charge in [-0.3, -0.25) is 0 Å². The Balaban J connectivity index is 1.79. The zero-order chi connectivity index (χ0) is 12.4. The van der Waals surface area contributed by atoms with Crippen molar-refractivity contribution in [3.05, 3.63) is 70.9 Å². The molecule has 18 heavy (non-hydrogen) atoms. The minimum absolute atomic E-state index is 0.827. The van der Waals surface area contributed by atoms with Gasteiger partial charge in [0.2, 0.25) is 0 Å². The van der Waals surface area contributed by atoms with Crippen molar-refractivity contribution in [2.24, 2.45) is 0 Å². The normalized spacial score (nSPS) is 10.9. The van der Waals surface area contributed by atoms with E-state index in [0.29, 0.717) is 0 Å². The fraction of sp³-hybridized carbons (Fsp3) is 0.125. The summed E-state index contributed by atoms with van der Waals surface area (Å²) < 4.78 is 5.79. The number of furan rings is 1. The number of hydrogen-bond donors (Lipinski definition) is 0. The molecule has 0 aliphatic heterocycles. The van der Waals surface area contributed by atoms with Crippen LogP contribution in [-0.4, -0.2) is 0 Å². The molecule has 0 saturated carbocycles.